The van der Waals surface area contributed by atoms with E-state index in [9.17, 15) is 8.42 Å². The van der Waals surface area contributed by atoms with Crippen molar-refractivity contribution in [3.63, 3.8) is 0 Å². The zero-order chi connectivity index (χ0) is 15.3. The summed E-state index contributed by atoms with van der Waals surface area (Å²) in [5.41, 5.74) is 1.03. The Hall–Kier alpha value is -1.44. The highest BCUT2D eigenvalue weighted by molar-refractivity contribution is 9.10. The first-order chi connectivity index (χ1) is 10.0. The number of halogens is 1. The Morgan fingerprint density at radius 3 is 2.57 bits per heavy atom. The van der Waals surface area contributed by atoms with E-state index in [1.807, 2.05) is 24.3 Å². The topological polar surface area (TPSA) is 68.3 Å². The molecule has 0 unspecified atom stereocenters. The van der Waals surface area contributed by atoms with E-state index in [1.165, 1.54) is 18.5 Å². The monoisotopic (exact) mass is 370 g/mol. The molecule has 0 atom stereocenters. The van der Waals surface area contributed by atoms with Gasteiger partial charge in [-0.15, -0.1) is 0 Å². The van der Waals surface area contributed by atoms with Gasteiger partial charge < -0.3 is 4.74 Å². The minimum atomic E-state index is -3.53. The molecule has 112 valence electrons. The summed E-state index contributed by atoms with van der Waals surface area (Å²) in [6.45, 7) is 0.321. The first-order valence-electron chi connectivity index (χ1n) is 6.24. The van der Waals surface area contributed by atoms with Crippen molar-refractivity contribution in [3.8, 4) is 5.75 Å². The fraction of sp³-hybridized carbons (Fsp3) is 0.214. The van der Waals surface area contributed by atoms with E-state index in [4.69, 9.17) is 4.74 Å². The van der Waals surface area contributed by atoms with Gasteiger partial charge in [0, 0.05) is 23.4 Å². The lowest BCUT2D eigenvalue weighted by Gasteiger charge is -2.07. The van der Waals surface area contributed by atoms with Crippen LogP contribution in [-0.2, 0) is 16.4 Å². The number of hydrogen-bond acceptors (Lipinski definition) is 4. The minimum absolute atomic E-state index is 0.145. The third-order valence-electron chi connectivity index (χ3n) is 2.85. The van der Waals surface area contributed by atoms with Crippen molar-refractivity contribution in [3.05, 3.63) is 52.8 Å². The summed E-state index contributed by atoms with van der Waals surface area (Å²) in [4.78, 5) is 4.00. The number of aromatic nitrogens is 1. The Bertz CT molecular complexity index is 702. The van der Waals surface area contributed by atoms with Gasteiger partial charge in [-0.3, -0.25) is 4.98 Å². The summed E-state index contributed by atoms with van der Waals surface area (Å²) in [7, 11) is -1.93. The summed E-state index contributed by atoms with van der Waals surface area (Å²) < 4.78 is 32.4. The molecule has 0 saturated heterocycles. The quantitative estimate of drug-likeness (QED) is 0.847. The molecule has 0 saturated carbocycles. The maximum absolute atomic E-state index is 12.1. The molecule has 7 heteroatoms. The highest BCUT2D eigenvalue weighted by atomic mass is 79.9. The highest BCUT2D eigenvalue weighted by Crippen LogP contribution is 2.14. The van der Waals surface area contributed by atoms with Crippen LogP contribution in [0.4, 0.5) is 0 Å². The number of benzene rings is 1. The van der Waals surface area contributed by atoms with Gasteiger partial charge in [-0.1, -0.05) is 12.1 Å². The van der Waals surface area contributed by atoms with Gasteiger partial charge in [0.05, 0.1) is 7.11 Å². The van der Waals surface area contributed by atoms with Crippen LogP contribution >= 0.6 is 15.9 Å². The molecule has 5 nitrogen and oxygen atoms in total. The van der Waals surface area contributed by atoms with E-state index in [-0.39, 0.29) is 4.90 Å². The standard InChI is InChI=1S/C14H15BrN2O3S/c1-20-13-4-2-11(3-5-13)6-7-17-21(18,19)14-8-12(15)9-16-10-14/h2-5,8-10,17H,6-7H2,1H3. The molecule has 0 bridgehead atoms. The van der Waals surface area contributed by atoms with Crippen LogP contribution in [0.25, 0.3) is 0 Å². The molecule has 1 heterocycles. The van der Waals surface area contributed by atoms with Gasteiger partial charge in [0.25, 0.3) is 0 Å². The number of nitrogens with one attached hydrogen (secondary N) is 1. The minimum Gasteiger partial charge on any atom is -0.497 e. The van der Waals surface area contributed by atoms with E-state index in [0.29, 0.717) is 17.4 Å². The predicted molar refractivity (Wildman–Crippen MR) is 83.8 cm³/mol. The van der Waals surface area contributed by atoms with Crippen LogP contribution in [0.3, 0.4) is 0 Å². The first-order valence-corrected chi connectivity index (χ1v) is 8.52. The molecule has 2 aromatic rings. The molecule has 1 N–H and O–H groups in total. The Kier molecular flexibility index (Phi) is 5.33. The maximum atomic E-state index is 12.1. The second-order valence-corrected chi connectivity index (χ2v) is 7.02. The molecule has 1 aromatic carbocycles. The van der Waals surface area contributed by atoms with Crippen molar-refractivity contribution in [1.29, 1.82) is 0 Å². The fourth-order valence-corrected chi connectivity index (χ4v) is 3.28. The van der Waals surface area contributed by atoms with Gasteiger partial charge in [0.15, 0.2) is 0 Å². The molecule has 0 radical (unpaired) electrons. The van der Waals surface area contributed by atoms with E-state index in [1.54, 1.807) is 7.11 Å². The largest absolute Gasteiger partial charge is 0.497 e. The number of methoxy groups -OCH3 is 1. The van der Waals surface area contributed by atoms with E-state index in [0.717, 1.165) is 11.3 Å². The van der Waals surface area contributed by atoms with E-state index in [2.05, 4.69) is 25.6 Å². The zero-order valence-corrected chi connectivity index (χ0v) is 13.8. The molecular formula is C14H15BrN2O3S. The molecule has 0 aliphatic rings. The molecule has 0 aliphatic heterocycles. The number of pyridine rings is 1. The molecule has 0 spiro atoms. The molecule has 1 aromatic heterocycles. The lowest BCUT2D eigenvalue weighted by molar-refractivity contribution is 0.414. The van der Waals surface area contributed by atoms with Gasteiger partial charge in [-0.25, -0.2) is 13.1 Å². The molecule has 21 heavy (non-hydrogen) atoms. The van der Waals surface area contributed by atoms with Crippen LogP contribution in [0.5, 0.6) is 5.75 Å². The van der Waals surface area contributed by atoms with Crippen molar-refractivity contribution in [2.45, 2.75) is 11.3 Å². The van der Waals surface area contributed by atoms with Crippen molar-refractivity contribution < 1.29 is 13.2 Å². The first kappa shape index (κ1) is 15.9. The van der Waals surface area contributed by atoms with Crippen molar-refractivity contribution in [2.75, 3.05) is 13.7 Å². The molecule has 0 fully saturated rings. The molecular weight excluding hydrogens is 356 g/mol. The van der Waals surface area contributed by atoms with Gasteiger partial charge in [-0.05, 0) is 46.1 Å². The van der Waals surface area contributed by atoms with Crippen LogP contribution in [0.2, 0.25) is 0 Å². The van der Waals surface area contributed by atoms with Crippen LogP contribution in [-0.4, -0.2) is 27.1 Å². The number of nitrogens with zero attached hydrogens (tertiary/aromatic N) is 1. The Labute approximate surface area is 132 Å². The Balaban J connectivity index is 1.95. The van der Waals surface area contributed by atoms with Crippen LogP contribution in [0, 0.1) is 0 Å². The smallest absolute Gasteiger partial charge is 0.242 e. The summed E-state index contributed by atoms with van der Waals surface area (Å²) in [6, 6.07) is 9.04. The fourth-order valence-electron chi connectivity index (χ4n) is 1.74. The third-order valence-corrected chi connectivity index (χ3v) is 4.72. The van der Waals surface area contributed by atoms with Gasteiger partial charge in [-0.2, -0.15) is 0 Å². The van der Waals surface area contributed by atoms with Crippen molar-refractivity contribution >= 4 is 26.0 Å². The normalized spacial score (nSPS) is 11.3. The summed E-state index contributed by atoms with van der Waals surface area (Å²) >= 11 is 3.21. The van der Waals surface area contributed by atoms with Crippen molar-refractivity contribution in [1.82, 2.24) is 9.71 Å². The molecule has 0 amide bonds. The Morgan fingerprint density at radius 2 is 1.95 bits per heavy atom. The number of hydrogen-bond donors (Lipinski definition) is 1. The summed E-state index contributed by atoms with van der Waals surface area (Å²) in [6.07, 6.45) is 3.46. The van der Waals surface area contributed by atoms with E-state index < -0.39 is 10.0 Å². The number of rotatable bonds is 6. The van der Waals surface area contributed by atoms with E-state index >= 15 is 0 Å². The predicted octanol–water partition coefficient (Wildman–Crippen LogP) is 2.37. The zero-order valence-electron chi connectivity index (χ0n) is 11.4. The van der Waals surface area contributed by atoms with Crippen LogP contribution < -0.4 is 9.46 Å². The second kappa shape index (κ2) is 7.02. The van der Waals surface area contributed by atoms with Gasteiger partial charge in [0.1, 0.15) is 10.6 Å². The Morgan fingerprint density at radius 1 is 1.24 bits per heavy atom. The van der Waals surface area contributed by atoms with Crippen LogP contribution in [0.1, 0.15) is 5.56 Å². The maximum Gasteiger partial charge on any atom is 0.242 e. The third kappa shape index (κ3) is 4.52. The lowest BCUT2D eigenvalue weighted by Crippen LogP contribution is -2.26. The average molecular weight is 371 g/mol. The SMILES string of the molecule is COc1ccc(CCNS(=O)(=O)c2cncc(Br)c2)cc1. The molecule has 2 rings (SSSR count). The summed E-state index contributed by atoms with van der Waals surface area (Å²) in [5.74, 6) is 0.777. The second-order valence-electron chi connectivity index (χ2n) is 4.33. The van der Waals surface area contributed by atoms with Crippen molar-refractivity contribution in [2.24, 2.45) is 0 Å². The van der Waals surface area contributed by atoms with Crippen LogP contribution in [0.15, 0.2) is 52.1 Å². The molecule has 0 aliphatic carbocycles. The lowest BCUT2D eigenvalue weighted by atomic mass is 10.1. The highest BCUT2D eigenvalue weighted by Gasteiger charge is 2.14. The summed E-state index contributed by atoms with van der Waals surface area (Å²) in [5, 5.41) is 0. The van der Waals surface area contributed by atoms with Gasteiger partial charge in [0.2, 0.25) is 10.0 Å². The number of sulfonamides is 1. The van der Waals surface area contributed by atoms with Gasteiger partial charge >= 0.3 is 0 Å². The average Bonchev–Trinajstić information content (AvgIpc) is 2.48. The number of ether oxygens (including phenoxy) is 1.